The topological polar surface area (TPSA) is 74.3 Å². The summed E-state index contributed by atoms with van der Waals surface area (Å²) in [6, 6.07) is 5.36. The Morgan fingerprint density at radius 3 is 2.79 bits per heavy atom. The Morgan fingerprint density at radius 2 is 2.07 bits per heavy atom. The number of imidazole rings is 1. The summed E-state index contributed by atoms with van der Waals surface area (Å²) >= 11 is 6.18. The van der Waals surface area contributed by atoms with Crippen molar-refractivity contribution in [2.45, 2.75) is 20.0 Å². The molecule has 4 rings (SSSR count). The average Bonchev–Trinajstić information content (AvgIpc) is 3.25. The molecule has 0 fully saturated rings. The van der Waals surface area contributed by atoms with Crippen molar-refractivity contribution in [3.05, 3.63) is 56.2 Å². The molecule has 146 valence electrons. The molecule has 0 amide bonds. The van der Waals surface area contributed by atoms with Crippen LogP contribution in [0, 0.1) is 0 Å². The van der Waals surface area contributed by atoms with Crippen molar-refractivity contribution < 1.29 is 4.74 Å². The van der Waals surface area contributed by atoms with Gasteiger partial charge in [0.05, 0.1) is 12.8 Å². The molecule has 8 nitrogen and oxygen atoms in total. The Labute approximate surface area is 165 Å². The number of fused-ring (bicyclic) bond motifs is 3. The maximum absolute atomic E-state index is 13.0. The van der Waals surface area contributed by atoms with Crippen LogP contribution in [0.3, 0.4) is 0 Å². The molecule has 0 bridgehead atoms. The normalized spacial score (nSPS) is 13.6. The third-order valence-electron chi connectivity index (χ3n) is 4.96. The van der Waals surface area contributed by atoms with E-state index in [9.17, 15) is 9.59 Å². The van der Waals surface area contributed by atoms with Crippen molar-refractivity contribution in [1.82, 2.24) is 18.7 Å². The Kier molecular flexibility index (Phi) is 4.50. The fourth-order valence-corrected chi connectivity index (χ4v) is 3.72. The zero-order chi connectivity index (χ0) is 20.0. The molecule has 0 atom stereocenters. The van der Waals surface area contributed by atoms with Crippen LogP contribution in [0.1, 0.15) is 6.92 Å². The summed E-state index contributed by atoms with van der Waals surface area (Å²) in [5, 5.41) is 0.575. The predicted molar refractivity (Wildman–Crippen MR) is 109 cm³/mol. The summed E-state index contributed by atoms with van der Waals surface area (Å²) in [4.78, 5) is 32.2. The first kappa shape index (κ1) is 18.4. The van der Waals surface area contributed by atoms with Crippen molar-refractivity contribution in [3.63, 3.8) is 0 Å². The van der Waals surface area contributed by atoms with Crippen LogP contribution in [0.2, 0.25) is 5.02 Å². The van der Waals surface area contributed by atoms with E-state index >= 15 is 0 Å². The molecule has 9 heteroatoms. The second-order valence-electron chi connectivity index (χ2n) is 6.53. The molecule has 28 heavy (non-hydrogen) atoms. The highest BCUT2D eigenvalue weighted by Crippen LogP contribution is 2.38. The molecule has 0 spiro atoms. The number of aryl methyl sites for hydroxylation is 1. The molecule has 0 saturated carbocycles. The van der Waals surface area contributed by atoms with E-state index in [-0.39, 0.29) is 17.8 Å². The number of allylic oxidation sites excluding steroid dienone is 2. The highest BCUT2D eigenvalue weighted by Gasteiger charge is 2.30. The lowest BCUT2D eigenvalue weighted by Crippen LogP contribution is -2.39. The summed E-state index contributed by atoms with van der Waals surface area (Å²) in [5.74, 6) is 1.25. The van der Waals surface area contributed by atoms with E-state index in [1.54, 1.807) is 38.4 Å². The number of ether oxygens (including phenoxy) is 1. The highest BCUT2D eigenvalue weighted by molar-refractivity contribution is 6.31. The fraction of sp³-hybridized carbons (Fsp3) is 0.316. The largest absolute Gasteiger partial charge is 0.495 e. The van der Waals surface area contributed by atoms with Crippen LogP contribution >= 0.6 is 11.6 Å². The molecule has 0 unspecified atom stereocenters. The Morgan fingerprint density at radius 1 is 1.29 bits per heavy atom. The molecule has 3 heterocycles. The molecule has 1 aliphatic heterocycles. The van der Waals surface area contributed by atoms with Crippen LogP contribution in [0.15, 0.2) is 39.9 Å². The number of rotatable bonds is 4. The van der Waals surface area contributed by atoms with E-state index in [1.165, 1.54) is 9.13 Å². The van der Waals surface area contributed by atoms with Gasteiger partial charge in [-0.3, -0.25) is 13.9 Å². The number of hydrogen-bond donors (Lipinski definition) is 0. The minimum Gasteiger partial charge on any atom is -0.495 e. The highest BCUT2D eigenvalue weighted by atomic mass is 35.5. The van der Waals surface area contributed by atoms with Gasteiger partial charge in [-0.2, -0.15) is 4.98 Å². The van der Waals surface area contributed by atoms with Crippen LogP contribution in [-0.2, 0) is 20.1 Å². The first-order valence-corrected chi connectivity index (χ1v) is 9.28. The summed E-state index contributed by atoms with van der Waals surface area (Å²) < 4.78 is 9.95. The first-order chi connectivity index (χ1) is 13.5. The van der Waals surface area contributed by atoms with E-state index in [4.69, 9.17) is 16.3 Å². The van der Waals surface area contributed by atoms with Crippen molar-refractivity contribution in [2.24, 2.45) is 7.05 Å². The van der Waals surface area contributed by atoms with Gasteiger partial charge in [0.2, 0.25) is 5.95 Å². The minimum atomic E-state index is -0.390. The molecular formula is C19H20ClN5O3. The van der Waals surface area contributed by atoms with Gasteiger partial charge in [0.15, 0.2) is 11.2 Å². The number of anilines is 2. The third kappa shape index (κ3) is 2.63. The van der Waals surface area contributed by atoms with E-state index in [0.717, 1.165) is 5.69 Å². The van der Waals surface area contributed by atoms with Crippen LogP contribution < -0.4 is 20.9 Å². The van der Waals surface area contributed by atoms with E-state index in [0.29, 0.717) is 41.0 Å². The quantitative estimate of drug-likeness (QED) is 0.627. The Bertz CT molecular complexity index is 1220. The van der Waals surface area contributed by atoms with Gasteiger partial charge in [0.25, 0.3) is 5.56 Å². The smallest absolute Gasteiger partial charge is 0.332 e. The lowest BCUT2D eigenvalue weighted by Gasteiger charge is -2.19. The van der Waals surface area contributed by atoms with Crippen LogP contribution in [0.25, 0.3) is 11.2 Å². The molecule has 0 saturated heterocycles. The van der Waals surface area contributed by atoms with Crippen LogP contribution in [-0.4, -0.2) is 32.3 Å². The number of methoxy groups -OCH3 is 1. The lowest BCUT2D eigenvalue weighted by atomic mass is 10.2. The molecule has 2 aromatic heterocycles. The van der Waals surface area contributed by atoms with E-state index in [2.05, 4.69) is 4.98 Å². The number of hydrogen-bond acceptors (Lipinski definition) is 5. The van der Waals surface area contributed by atoms with Gasteiger partial charge in [-0.15, -0.1) is 0 Å². The molecular weight excluding hydrogens is 382 g/mol. The van der Waals surface area contributed by atoms with Crippen molar-refractivity contribution >= 4 is 34.4 Å². The Hall–Kier alpha value is -3.00. The zero-order valence-corrected chi connectivity index (χ0v) is 16.6. The second kappa shape index (κ2) is 6.87. The molecule has 0 N–H and O–H groups in total. The molecule has 0 aliphatic carbocycles. The fourth-order valence-electron chi connectivity index (χ4n) is 3.55. The van der Waals surface area contributed by atoms with Gasteiger partial charge < -0.3 is 14.2 Å². The number of benzene rings is 1. The van der Waals surface area contributed by atoms with Crippen molar-refractivity contribution in [1.29, 1.82) is 0 Å². The summed E-state index contributed by atoms with van der Waals surface area (Å²) in [7, 11) is 3.22. The molecule has 3 aromatic rings. The van der Waals surface area contributed by atoms with Crippen molar-refractivity contribution in [3.8, 4) is 5.75 Å². The SMILES string of the molecule is C/C=C\Cn1c(=O)c2c(nc3n2CCN3c2cc(Cl)ccc2OC)n(C)c1=O. The molecule has 1 aliphatic rings. The Balaban J connectivity index is 1.96. The second-order valence-corrected chi connectivity index (χ2v) is 6.97. The van der Waals surface area contributed by atoms with Gasteiger partial charge in [-0.1, -0.05) is 23.8 Å². The summed E-state index contributed by atoms with van der Waals surface area (Å²) in [6.07, 6.45) is 3.59. The third-order valence-corrected chi connectivity index (χ3v) is 5.19. The number of nitrogens with zero attached hydrogens (tertiary/aromatic N) is 5. The van der Waals surface area contributed by atoms with E-state index < -0.39 is 0 Å². The standard InChI is InChI=1S/C19H20ClN5O3/c1-4-5-8-25-17(26)15-16(22(2)19(25)27)21-18-23(9-10-24(15)18)13-11-12(20)6-7-14(13)28-3/h4-7,11H,8-10H2,1-3H3/b5-4-. The maximum Gasteiger partial charge on any atom is 0.332 e. The van der Waals surface area contributed by atoms with Gasteiger partial charge in [-0.25, -0.2) is 4.79 Å². The predicted octanol–water partition coefficient (Wildman–Crippen LogP) is 2.29. The number of aromatic nitrogens is 4. The van der Waals surface area contributed by atoms with Gasteiger partial charge >= 0.3 is 5.69 Å². The first-order valence-electron chi connectivity index (χ1n) is 8.90. The van der Waals surface area contributed by atoms with Crippen LogP contribution in [0.5, 0.6) is 5.75 Å². The zero-order valence-electron chi connectivity index (χ0n) is 15.8. The maximum atomic E-state index is 13.0. The monoisotopic (exact) mass is 401 g/mol. The molecule has 1 aromatic carbocycles. The van der Waals surface area contributed by atoms with Crippen LogP contribution in [0.4, 0.5) is 11.6 Å². The summed E-state index contributed by atoms with van der Waals surface area (Å²) in [5.41, 5.74) is 0.829. The molecule has 0 radical (unpaired) electrons. The van der Waals surface area contributed by atoms with Gasteiger partial charge in [0.1, 0.15) is 5.75 Å². The van der Waals surface area contributed by atoms with Gasteiger partial charge in [0, 0.05) is 31.7 Å². The lowest BCUT2D eigenvalue weighted by molar-refractivity contribution is 0.415. The van der Waals surface area contributed by atoms with Crippen molar-refractivity contribution in [2.75, 3.05) is 18.6 Å². The average molecular weight is 402 g/mol. The summed E-state index contributed by atoms with van der Waals surface area (Å²) in [6.45, 7) is 3.26. The minimum absolute atomic E-state index is 0.226. The van der Waals surface area contributed by atoms with E-state index in [1.807, 2.05) is 22.5 Å². The number of halogens is 1. The van der Waals surface area contributed by atoms with Gasteiger partial charge in [-0.05, 0) is 25.1 Å².